The largest absolute Gasteiger partial charge is 0.481 e. The Morgan fingerprint density at radius 1 is 1.79 bits per heavy atom. The Hall–Kier alpha value is -0.970. The summed E-state index contributed by atoms with van der Waals surface area (Å²) in [5.41, 5.74) is 1.07. The molecule has 0 aliphatic carbocycles. The van der Waals surface area contributed by atoms with Gasteiger partial charge in [0.15, 0.2) is 0 Å². The maximum Gasteiger partial charge on any atom is 0.311 e. The highest BCUT2D eigenvalue weighted by Gasteiger charge is 2.19. The molecule has 1 aromatic heterocycles. The van der Waals surface area contributed by atoms with Crippen molar-refractivity contribution < 1.29 is 9.90 Å². The lowest BCUT2D eigenvalue weighted by molar-refractivity contribution is -0.136. The quantitative estimate of drug-likeness (QED) is 0.798. The third kappa shape index (κ3) is 2.09. The van der Waals surface area contributed by atoms with E-state index >= 15 is 0 Å². The fourth-order valence-electron chi connectivity index (χ4n) is 1.60. The van der Waals surface area contributed by atoms with E-state index in [9.17, 15) is 4.79 Å². The van der Waals surface area contributed by atoms with Gasteiger partial charge in [-0.25, -0.2) is 4.98 Å². The number of rotatable bonds is 3. The van der Waals surface area contributed by atoms with Crippen molar-refractivity contribution in [1.29, 1.82) is 0 Å². The van der Waals surface area contributed by atoms with Crippen LogP contribution in [0.3, 0.4) is 0 Å². The molecule has 1 aliphatic heterocycles. The van der Waals surface area contributed by atoms with E-state index in [2.05, 4.69) is 9.97 Å². The van der Waals surface area contributed by atoms with Crippen molar-refractivity contribution in [3.8, 4) is 0 Å². The van der Waals surface area contributed by atoms with Crippen LogP contribution >= 0.6 is 11.8 Å². The van der Waals surface area contributed by atoms with E-state index in [-0.39, 0.29) is 6.42 Å². The van der Waals surface area contributed by atoms with Crippen LogP contribution in [0.15, 0.2) is 6.20 Å². The topological polar surface area (TPSA) is 66.0 Å². The zero-order valence-electron chi connectivity index (χ0n) is 7.69. The van der Waals surface area contributed by atoms with Crippen molar-refractivity contribution in [3.63, 3.8) is 0 Å². The number of aromatic amines is 1. The van der Waals surface area contributed by atoms with Crippen LogP contribution in [0, 0.1) is 0 Å². The zero-order valence-corrected chi connectivity index (χ0v) is 8.51. The smallest absolute Gasteiger partial charge is 0.311 e. The first-order valence-electron chi connectivity index (χ1n) is 4.63. The molecule has 1 atom stereocenters. The second kappa shape index (κ2) is 4.04. The summed E-state index contributed by atoms with van der Waals surface area (Å²) in [6, 6.07) is 0. The predicted octanol–water partition coefficient (Wildman–Crippen LogP) is 1.60. The minimum atomic E-state index is -0.843. The van der Waals surface area contributed by atoms with Crippen molar-refractivity contribution in [3.05, 3.63) is 17.7 Å². The van der Waals surface area contributed by atoms with Gasteiger partial charge in [-0.15, -0.1) is 0 Å². The number of thioether (sulfide) groups is 1. The van der Waals surface area contributed by atoms with Crippen molar-refractivity contribution in [2.75, 3.05) is 5.75 Å². The van der Waals surface area contributed by atoms with E-state index in [0.29, 0.717) is 11.1 Å². The molecule has 0 saturated carbocycles. The van der Waals surface area contributed by atoms with E-state index < -0.39 is 5.97 Å². The third-order valence-electron chi connectivity index (χ3n) is 2.24. The number of imidazole rings is 1. The van der Waals surface area contributed by atoms with Gasteiger partial charge in [-0.2, -0.15) is 11.8 Å². The fraction of sp³-hybridized carbons (Fsp3) is 0.556. The molecule has 1 saturated heterocycles. The van der Waals surface area contributed by atoms with Crippen molar-refractivity contribution in [1.82, 2.24) is 9.97 Å². The van der Waals surface area contributed by atoms with Crippen LogP contribution in [0.2, 0.25) is 0 Å². The highest BCUT2D eigenvalue weighted by Crippen LogP contribution is 2.38. The molecule has 2 N–H and O–H groups in total. The van der Waals surface area contributed by atoms with Crippen LogP contribution in [-0.4, -0.2) is 26.8 Å². The minimum absolute atomic E-state index is 0.0165. The summed E-state index contributed by atoms with van der Waals surface area (Å²) >= 11 is 1.91. The summed E-state index contributed by atoms with van der Waals surface area (Å²) < 4.78 is 0. The van der Waals surface area contributed by atoms with Gasteiger partial charge in [0.2, 0.25) is 0 Å². The molecule has 76 valence electrons. The third-order valence-corrected chi connectivity index (χ3v) is 3.66. The number of nitrogens with one attached hydrogen (secondary N) is 1. The summed E-state index contributed by atoms with van der Waals surface area (Å²) in [6.07, 6.45) is 4.15. The van der Waals surface area contributed by atoms with Gasteiger partial charge >= 0.3 is 5.97 Å². The monoisotopic (exact) mass is 212 g/mol. The molecule has 4 nitrogen and oxygen atoms in total. The fourth-order valence-corrected chi connectivity index (χ4v) is 2.85. The van der Waals surface area contributed by atoms with Gasteiger partial charge in [0, 0.05) is 17.1 Å². The number of hydrogen-bond acceptors (Lipinski definition) is 3. The van der Waals surface area contributed by atoms with E-state index in [1.807, 2.05) is 11.8 Å². The molecule has 1 fully saturated rings. The second-order valence-corrected chi connectivity index (χ2v) is 4.67. The second-order valence-electron chi connectivity index (χ2n) is 3.36. The molecule has 2 heterocycles. The Kier molecular flexibility index (Phi) is 2.77. The maximum atomic E-state index is 10.4. The Bertz CT molecular complexity index is 331. The first kappa shape index (κ1) is 9.58. The lowest BCUT2D eigenvalue weighted by atomic mass is 10.2. The number of nitrogens with zero attached hydrogens (tertiary/aromatic N) is 1. The van der Waals surface area contributed by atoms with E-state index in [0.717, 1.165) is 5.69 Å². The van der Waals surface area contributed by atoms with Gasteiger partial charge in [-0.1, -0.05) is 0 Å². The Balaban J connectivity index is 2.05. The normalized spacial score (nSPS) is 21.3. The molecule has 1 aliphatic rings. The first-order chi connectivity index (χ1) is 6.75. The zero-order chi connectivity index (χ0) is 9.97. The number of H-pyrrole nitrogens is 1. The summed E-state index contributed by atoms with van der Waals surface area (Å²) in [7, 11) is 0. The molecule has 14 heavy (non-hydrogen) atoms. The Morgan fingerprint density at radius 2 is 2.64 bits per heavy atom. The van der Waals surface area contributed by atoms with E-state index in [4.69, 9.17) is 5.11 Å². The van der Waals surface area contributed by atoms with Crippen LogP contribution in [0.25, 0.3) is 0 Å². The average Bonchev–Trinajstić information content (AvgIpc) is 2.69. The van der Waals surface area contributed by atoms with Crippen LogP contribution < -0.4 is 0 Å². The van der Waals surface area contributed by atoms with Gasteiger partial charge < -0.3 is 10.1 Å². The molecule has 0 radical (unpaired) electrons. The van der Waals surface area contributed by atoms with Crippen molar-refractivity contribution in [2.24, 2.45) is 0 Å². The number of carboxylic acids is 1. The first-order valence-corrected chi connectivity index (χ1v) is 5.68. The number of carbonyl (C=O) groups is 1. The van der Waals surface area contributed by atoms with Crippen LogP contribution in [0.5, 0.6) is 0 Å². The Morgan fingerprint density at radius 3 is 3.29 bits per heavy atom. The number of carboxylic acid groups (broad SMARTS) is 1. The van der Waals surface area contributed by atoms with Crippen LogP contribution in [-0.2, 0) is 11.2 Å². The van der Waals surface area contributed by atoms with Crippen molar-refractivity contribution >= 4 is 17.7 Å². The van der Waals surface area contributed by atoms with Gasteiger partial charge in [0.1, 0.15) is 12.2 Å². The lowest BCUT2D eigenvalue weighted by Crippen LogP contribution is -2.01. The number of aliphatic carboxylic acids is 1. The van der Waals surface area contributed by atoms with Gasteiger partial charge in [-0.05, 0) is 18.6 Å². The van der Waals surface area contributed by atoms with Gasteiger partial charge in [-0.3, -0.25) is 4.79 Å². The summed E-state index contributed by atoms with van der Waals surface area (Å²) in [6.45, 7) is 0. The van der Waals surface area contributed by atoms with Crippen LogP contribution in [0.1, 0.15) is 29.6 Å². The molecular formula is C9H12N2O2S. The Labute approximate surface area is 86.1 Å². The van der Waals surface area contributed by atoms with Crippen molar-refractivity contribution in [2.45, 2.75) is 24.5 Å². The molecular weight excluding hydrogens is 200 g/mol. The molecule has 0 spiro atoms. The SMILES string of the molecule is O=C(O)Cc1ncc(C2CCCS2)[nH]1. The summed E-state index contributed by atoms with van der Waals surface area (Å²) in [5.74, 6) is 0.905. The molecule has 0 aromatic carbocycles. The standard InChI is InChI=1S/C9H12N2O2S/c12-9(13)4-8-10-5-6(11-8)7-2-1-3-14-7/h5,7H,1-4H2,(H,10,11)(H,12,13). The number of hydrogen-bond donors (Lipinski definition) is 2. The molecule has 5 heteroatoms. The summed E-state index contributed by atoms with van der Waals surface area (Å²) in [5, 5.41) is 9.07. The average molecular weight is 212 g/mol. The molecule has 1 unspecified atom stereocenters. The van der Waals surface area contributed by atoms with Gasteiger partial charge in [0.25, 0.3) is 0 Å². The summed E-state index contributed by atoms with van der Waals surface area (Å²) in [4.78, 5) is 17.6. The van der Waals surface area contributed by atoms with Gasteiger partial charge in [0.05, 0.1) is 0 Å². The van der Waals surface area contributed by atoms with Crippen LogP contribution in [0.4, 0.5) is 0 Å². The highest BCUT2D eigenvalue weighted by atomic mass is 32.2. The predicted molar refractivity (Wildman–Crippen MR) is 54.4 cm³/mol. The minimum Gasteiger partial charge on any atom is -0.481 e. The lowest BCUT2D eigenvalue weighted by Gasteiger charge is -2.03. The van der Waals surface area contributed by atoms with E-state index in [1.54, 1.807) is 6.20 Å². The number of aromatic nitrogens is 2. The highest BCUT2D eigenvalue weighted by molar-refractivity contribution is 7.99. The van der Waals surface area contributed by atoms with E-state index in [1.165, 1.54) is 18.6 Å². The molecule has 0 amide bonds. The molecule has 1 aromatic rings. The maximum absolute atomic E-state index is 10.4. The molecule has 0 bridgehead atoms. The molecule has 2 rings (SSSR count).